The zero-order valence-corrected chi connectivity index (χ0v) is 16.7. The van der Waals surface area contributed by atoms with E-state index in [2.05, 4.69) is 13.8 Å². The molecular formula is C24H31FO2. The smallest absolute Gasteiger partial charge is 0.123 e. The lowest BCUT2D eigenvalue weighted by Crippen LogP contribution is -2.38. The molecule has 0 amide bonds. The Morgan fingerprint density at radius 3 is 2.70 bits per heavy atom. The van der Waals surface area contributed by atoms with E-state index in [0.29, 0.717) is 0 Å². The molecular weight excluding hydrogens is 339 g/mol. The van der Waals surface area contributed by atoms with Crippen LogP contribution in [0.4, 0.5) is 4.39 Å². The van der Waals surface area contributed by atoms with Gasteiger partial charge in [0.05, 0.1) is 13.2 Å². The normalized spacial score (nSPS) is 24.9. The molecule has 146 valence electrons. The quantitative estimate of drug-likeness (QED) is 0.645. The molecule has 3 rings (SSSR count). The van der Waals surface area contributed by atoms with Gasteiger partial charge in [-0.05, 0) is 72.1 Å². The number of unbranched alkanes of at least 4 members (excludes halogenated alkanes) is 1. The van der Waals surface area contributed by atoms with Crippen molar-refractivity contribution in [1.29, 1.82) is 0 Å². The summed E-state index contributed by atoms with van der Waals surface area (Å²) >= 11 is 0. The number of halogens is 1. The number of hydrogen-bond acceptors (Lipinski definition) is 2. The fourth-order valence-electron chi connectivity index (χ4n) is 4.70. The number of fused-ring (bicyclic) bond motifs is 1. The van der Waals surface area contributed by atoms with Crippen molar-refractivity contribution in [3.63, 3.8) is 0 Å². The number of methoxy groups -OCH3 is 1. The molecule has 2 nitrogen and oxygen atoms in total. The van der Waals surface area contributed by atoms with Crippen LogP contribution in [-0.2, 0) is 6.42 Å². The maximum atomic E-state index is 14.2. The average molecular weight is 371 g/mol. The van der Waals surface area contributed by atoms with E-state index in [1.807, 2.05) is 30.3 Å². The minimum atomic E-state index is -0.552. The van der Waals surface area contributed by atoms with Gasteiger partial charge >= 0.3 is 0 Å². The first kappa shape index (κ1) is 19.9. The van der Waals surface area contributed by atoms with Crippen LogP contribution >= 0.6 is 0 Å². The van der Waals surface area contributed by atoms with Crippen molar-refractivity contribution < 1.29 is 14.2 Å². The summed E-state index contributed by atoms with van der Waals surface area (Å²) in [4.78, 5) is 0. The zero-order valence-electron chi connectivity index (χ0n) is 16.7. The minimum Gasteiger partial charge on any atom is -0.497 e. The molecule has 0 fully saturated rings. The Kier molecular flexibility index (Phi) is 6.21. The molecule has 0 spiro atoms. The molecule has 2 aromatic rings. The minimum absolute atomic E-state index is 0.154. The van der Waals surface area contributed by atoms with E-state index in [0.717, 1.165) is 61.0 Å². The van der Waals surface area contributed by atoms with Gasteiger partial charge in [-0.3, -0.25) is 0 Å². The monoisotopic (exact) mass is 370 g/mol. The molecule has 0 aliphatic heterocycles. The van der Waals surface area contributed by atoms with E-state index in [4.69, 9.17) is 4.74 Å². The second-order valence-corrected chi connectivity index (χ2v) is 7.86. The fourth-order valence-corrected chi connectivity index (χ4v) is 4.70. The fraction of sp³-hybridized carbons (Fsp3) is 0.500. The Balaban J connectivity index is 2.15. The second kappa shape index (κ2) is 8.43. The van der Waals surface area contributed by atoms with Crippen molar-refractivity contribution in [1.82, 2.24) is 0 Å². The Hall–Kier alpha value is -1.87. The van der Waals surface area contributed by atoms with Crippen molar-refractivity contribution in [2.45, 2.75) is 64.4 Å². The molecule has 1 N–H and O–H groups in total. The Morgan fingerprint density at radius 1 is 1.19 bits per heavy atom. The highest BCUT2D eigenvalue weighted by atomic mass is 19.1. The van der Waals surface area contributed by atoms with Crippen LogP contribution in [0.3, 0.4) is 0 Å². The van der Waals surface area contributed by atoms with Gasteiger partial charge in [0.25, 0.3) is 0 Å². The molecule has 0 bridgehead atoms. The van der Waals surface area contributed by atoms with Crippen molar-refractivity contribution in [2.75, 3.05) is 7.11 Å². The van der Waals surface area contributed by atoms with Crippen LogP contribution in [0.2, 0.25) is 0 Å². The Labute approximate surface area is 162 Å². The highest BCUT2D eigenvalue weighted by Crippen LogP contribution is 2.49. The van der Waals surface area contributed by atoms with E-state index < -0.39 is 6.10 Å². The van der Waals surface area contributed by atoms with Crippen LogP contribution in [0, 0.1) is 11.2 Å². The number of aryl methyl sites for hydroxylation is 1. The lowest BCUT2D eigenvalue weighted by molar-refractivity contribution is -0.00161. The predicted octanol–water partition coefficient (Wildman–Crippen LogP) is 5.86. The first-order chi connectivity index (χ1) is 13.0. The standard InChI is InChI=1S/C24H31FO2/c1-4-6-13-24(5-2)14-12-17-10-11-19(25)16-21(17)22(23(24)26)18-8-7-9-20(15-18)27-3/h7-11,15-16,22-23,26H,4-6,12-14H2,1-3H3/t22-,23-,24-/m1/s1. The van der Waals surface area contributed by atoms with Gasteiger partial charge in [-0.1, -0.05) is 44.9 Å². The summed E-state index contributed by atoms with van der Waals surface area (Å²) in [6.07, 6.45) is 5.39. The summed E-state index contributed by atoms with van der Waals surface area (Å²) in [6, 6.07) is 12.9. The van der Waals surface area contributed by atoms with Crippen molar-refractivity contribution in [3.8, 4) is 5.75 Å². The van der Waals surface area contributed by atoms with E-state index >= 15 is 0 Å². The molecule has 0 aromatic heterocycles. The van der Waals surface area contributed by atoms with E-state index in [-0.39, 0.29) is 17.2 Å². The predicted molar refractivity (Wildman–Crippen MR) is 108 cm³/mol. The Morgan fingerprint density at radius 2 is 2.00 bits per heavy atom. The second-order valence-electron chi connectivity index (χ2n) is 7.86. The maximum absolute atomic E-state index is 14.2. The number of aliphatic hydroxyl groups is 1. The lowest BCUT2D eigenvalue weighted by atomic mass is 9.67. The number of benzene rings is 2. The third-order valence-electron chi connectivity index (χ3n) is 6.46. The van der Waals surface area contributed by atoms with Crippen LogP contribution in [0.1, 0.15) is 68.6 Å². The van der Waals surface area contributed by atoms with Crippen molar-refractivity contribution >= 4 is 0 Å². The maximum Gasteiger partial charge on any atom is 0.123 e. The number of aliphatic hydroxyl groups excluding tert-OH is 1. The number of ether oxygens (including phenoxy) is 1. The molecule has 0 radical (unpaired) electrons. The summed E-state index contributed by atoms with van der Waals surface area (Å²) in [7, 11) is 1.65. The first-order valence-corrected chi connectivity index (χ1v) is 10.1. The zero-order chi connectivity index (χ0) is 19.4. The lowest BCUT2D eigenvalue weighted by Gasteiger charge is -2.40. The molecule has 3 heteroatoms. The van der Waals surface area contributed by atoms with Gasteiger partial charge in [-0.15, -0.1) is 0 Å². The summed E-state index contributed by atoms with van der Waals surface area (Å²) < 4.78 is 19.6. The number of hydrogen-bond donors (Lipinski definition) is 1. The number of rotatable bonds is 6. The molecule has 1 aliphatic carbocycles. The van der Waals surface area contributed by atoms with Gasteiger partial charge in [0.1, 0.15) is 11.6 Å². The SMILES string of the molecule is CCCC[C@]1(CC)CCc2ccc(F)cc2[C@@H](c2cccc(OC)c2)[C@H]1O. The highest BCUT2D eigenvalue weighted by Gasteiger charge is 2.44. The summed E-state index contributed by atoms with van der Waals surface area (Å²) in [5.41, 5.74) is 2.90. The van der Waals surface area contributed by atoms with Crippen LogP contribution in [0.5, 0.6) is 5.75 Å². The summed E-state index contributed by atoms with van der Waals surface area (Å²) in [5, 5.41) is 11.7. The molecule has 0 unspecified atom stereocenters. The van der Waals surface area contributed by atoms with Crippen LogP contribution in [0.25, 0.3) is 0 Å². The molecule has 0 saturated carbocycles. The molecule has 27 heavy (non-hydrogen) atoms. The highest BCUT2D eigenvalue weighted by molar-refractivity contribution is 5.43. The van der Waals surface area contributed by atoms with Crippen LogP contribution < -0.4 is 4.74 Å². The summed E-state index contributed by atoms with van der Waals surface area (Å²) in [6.45, 7) is 4.37. The van der Waals surface area contributed by atoms with Gasteiger partial charge in [-0.2, -0.15) is 0 Å². The van der Waals surface area contributed by atoms with Crippen LogP contribution in [0.15, 0.2) is 42.5 Å². The van der Waals surface area contributed by atoms with E-state index in [9.17, 15) is 9.50 Å². The first-order valence-electron chi connectivity index (χ1n) is 10.1. The van der Waals surface area contributed by atoms with Crippen molar-refractivity contribution in [2.24, 2.45) is 5.41 Å². The van der Waals surface area contributed by atoms with Gasteiger partial charge in [0.2, 0.25) is 0 Å². The molecule has 2 aromatic carbocycles. The van der Waals surface area contributed by atoms with Gasteiger partial charge < -0.3 is 9.84 Å². The van der Waals surface area contributed by atoms with E-state index in [1.54, 1.807) is 19.2 Å². The average Bonchev–Trinajstić information content (AvgIpc) is 2.81. The molecule has 0 saturated heterocycles. The Bertz CT molecular complexity index is 773. The van der Waals surface area contributed by atoms with Gasteiger partial charge in [-0.25, -0.2) is 4.39 Å². The van der Waals surface area contributed by atoms with Gasteiger partial charge in [0.15, 0.2) is 0 Å². The largest absolute Gasteiger partial charge is 0.497 e. The molecule has 0 heterocycles. The van der Waals surface area contributed by atoms with Gasteiger partial charge in [0, 0.05) is 5.92 Å². The van der Waals surface area contributed by atoms with Crippen molar-refractivity contribution in [3.05, 3.63) is 65.0 Å². The van der Waals surface area contributed by atoms with Crippen LogP contribution in [-0.4, -0.2) is 18.3 Å². The summed E-state index contributed by atoms with van der Waals surface area (Å²) in [5.74, 6) is 0.272. The third kappa shape index (κ3) is 3.89. The molecule has 3 atom stereocenters. The third-order valence-corrected chi connectivity index (χ3v) is 6.46. The van der Waals surface area contributed by atoms with E-state index in [1.165, 1.54) is 0 Å². The molecule has 1 aliphatic rings. The topological polar surface area (TPSA) is 29.5 Å².